The highest BCUT2D eigenvalue weighted by molar-refractivity contribution is 6.32. The maximum absolute atomic E-state index is 13.2. The van der Waals surface area contributed by atoms with E-state index in [0.29, 0.717) is 40.7 Å². The summed E-state index contributed by atoms with van der Waals surface area (Å²) < 4.78 is 50.7. The van der Waals surface area contributed by atoms with Crippen LogP contribution in [0, 0.1) is 24.7 Å². The molecule has 6 rings (SSSR count). The molecule has 1 aromatic rings. The van der Waals surface area contributed by atoms with Gasteiger partial charge in [0.2, 0.25) is 0 Å². The molecule has 4 aliphatic carbocycles. The Bertz CT molecular complexity index is 861. The van der Waals surface area contributed by atoms with Gasteiger partial charge in [0.15, 0.2) is 5.60 Å². The molecule has 0 aromatic heterocycles. The highest BCUT2D eigenvalue weighted by Crippen LogP contribution is 2.71. The molecule has 5 aliphatic rings. The Balaban J connectivity index is 1.63. The summed E-state index contributed by atoms with van der Waals surface area (Å²) in [5.41, 5.74) is 0.0656. The normalized spacial score (nSPS) is 41.9. The maximum atomic E-state index is 13.2. The second-order valence-corrected chi connectivity index (χ2v) is 10.5. The zero-order valence-corrected chi connectivity index (χ0v) is 18.2. The van der Waals surface area contributed by atoms with Crippen LogP contribution >= 0.6 is 23.2 Å². The molecule has 166 valence electrons. The third-order valence-corrected chi connectivity index (χ3v) is 8.35. The second kappa shape index (κ2) is 6.64. The van der Waals surface area contributed by atoms with Crippen LogP contribution in [0.4, 0.5) is 13.2 Å². The second-order valence-electron chi connectivity index (χ2n) is 9.28. The van der Waals surface area contributed by atoms with E-state index in [1.54, 1.807) is 19.1 Å². The third kappa shape index (κ3) is 2.85. The minimum atomic E-state index is -4.52. The summed E-state index contributed by atoms with van der Waals surface area (Å²) >= 11 is 13.2. The van der Waals surface area contributed by atoms with Crippen molar-refractivity contribution in [1.82, 2.24) is 0 Å². The Hall–Kier alpha value is -0.730. The highest BCUT2D eigenvalue weighted by atomic mass is 35.5. The molecule has 30 heavy (non-hydrogen) atoms. The number of methoxy groups -OCH3 is 1. The van der Waals surface area contributed by atoms with Gasteiger partial charge in [0.1, 0.15) is 12.4 Å². The van der Waals surface area contributed by atoms with Gasteiger partial charge in [-0.2, -0.15) is 18.1 Å². The predicted molar refractivity (Wildman–Crippen MR) is 103 cm³/mol. The number of benzene rings is 1. The lowest BCUT2D eigenvalue weighted by atomic mass is 9.46. The van der Waals surface area contributed by atoms with Crippen molar-refractivity contribution in [2.75, 3.05) is 13.7 Å². The van der Waals surface area contributed by atoms with Crippen molar-refractivity contribution < 1.29 is 32.4 Å². The average molecular weight is 467 g/mol. The van der Waals surface area contributed by atoms with E-state index in [2.05, 4.69) is 0 Å². The lowest BCUT2D eigenvalue weighted by Crippen LogP contribution is -2.78. The van der Waals surface area contributed by atoms with E-state index >= 15 is 0 Å². The fraction of sp³-hybridized carbons (Fsp3) is 0.714. The van der Waals surface area contributed by atoms with Crippen LogP contribution < -0.4 is 4.74 Å². The van der Waals surface area contributed by atoms with Crippen LogP contribution in [-0.2, 0) is 20.3 Å². The van der Waals surface area contributed by atoms with Gasteiger partial charge < -0.3 is 9.47 Å². The van der Waals surface area contributed by atoms with Crippen molar-refractivity contribution in [3.05, 3.63) is 28.3 Å². The molecule has 9 heteroatoms. The standard InChI is InChI=1S/C21H23Cl2F3O4/c1-11-3-13(6-16(27-2)17(11)22)21(28-10-19(24,25)26)20(29-30-21)14-4-12-5-15(20)9-18(23,7-12)8-14/h3,6,12,14-15H,4-5,7-10H2,1-2H3. The van der Waals surface area contributed by atoms with Crippen LogP contribution in [0.5, 0.6) is 5.75 Å². The van der Waals surface area contributed by atoms with Gasteiger partial charge in [0.05, 0.1) is 12.1 Å². The molecule has 3 unspecified atom stereocenters. The largest absolute Gasteiger partial charge is 0.495 e. The van der Waals surface area contributed by atoms with E-state index in [4.69, 9.17) is 42.5 Å². The Morgan fingerprint density at radius 3 is 2.30 bits per heavy atom. The first-order valence-electron chi connectivity index (χ1n) is 10.1. The number of alkyl halides is 4. The fourth-order valence-electron chi connectivity index (χ4n) is 6.51. The molecule has 4 bridgehead atoms. The topological polar surface area (TPSA) is 36.9 Å². The van der Waals surface area contributed by atoms with Crippen LogP contribution in [0.2, 0.25) is 5.02 Å². The van der Waals surface area contributed by atoms with Gasteiger partial charge in [-0.05, 0) is 74.5 Å². The SMILES string of the molecule is COc1cc(C2(OCC(F)(F)F)OOC23C2CC4CC3CC(Cl)(C4)C2)cc(C)c1Cl. The van der Waals surface area contributed by atoms with Gasteiger partial charge in [-0.15, -0.1) is 11.6 Å². The number of aryl methyl sites for hydroxylation is 1. The van der Waals surface area contributed by atoms with E-state index in [9.17, 15) is 13.2 Å². The quantitative estimate of drug-likeness (QED) is 0.408. The lowest BCUT2D eigenvalue weighted by molar-refractivity contribution is -0.650. The fourth-order valence-corrected chi connectivity index (χ4v) is 7.29. The van der Waals surface area contributed by atoms with Crippen molar-refractivity contribution in [2.24, 2.45) is 17.8 Å². The minimum absolute atomic E-state index is 0.0507. The maximum Gasteiger partial charge on any atom is 0.411 e. The lowest BCUT2D eigenvalue weighted by Gasteiger charge is -2.70. The molecule has 1 heterocycles. The van der Waals surface area contributed by atoms with Crippen LogP contribution in [0.1, 0.15) is 43.2 Å². The van der Waals surface area contributed by atoms with Gasteiger partial charge in [0, 0.05) is 10.4 Å². The first-order chi connectivity index (χ1) is 14.0. The van der Waals surface area contributed by atoms with E-state index in [1.165, 1.54) is 7.11 Å². The number of hydrogen-bond acceptors (Lipinski definition) is 4. The summed E-state index contributed by atoms with van der Waals surface area (Å²) in [6.45, 7) is 0.319. The van der Waals surface area contributed by atoms with Crippen molar-refractivity contribution in [3.63, 3.8) is 0 Å². The molecule has 4 saturated carbocycles. The molecular weight excluding hydrogens is 444 g/mol. The van der Waals surface area contributed by atoms with Gasteiger partial charge in [-0.1, -0.05) is 11.6 Å². The Morgan fingerprint density at radius 1 is 1.13 bits per heavy atom. The van der Waals surface area contributed by atoms with E-state index < -0.39 is 24.2 Å². The monoisotopic (exact) mass is 466 g/mol. The first-order valence-corrected chi connectivity index (χ1v) is 10.9. The zero-order chi connectivity index (χ0) is 21.5. The summed E-state index contributed by atoms with van der Waals surface area (Å²) in [6, 6.07) is 3.30. The number of hydrogen-bond donors (Lipinski definition) is 0. The molecule has 0 amide bonds. The van der Waals surface area contributed by atoms with Gasteiger partial charge >= 0.3 is 6.18 Å². The van der Waals surface area contributed by atoms with Crippen molar-refractivity contribution in [3.8, 4) is 5.75 Å². The number of ether oxygens (including phenoxy) is 2. The predicted octanol–water partition coefficient (Wildman–Crippen LogP) is 5.91. The Morgan fingerprint density at radius 2 is 1.80 bits per heavy atom. The van der Waals surface area contributed by atoms with Crippen LogP contribution in [-0.4, -0.2) is 30.4 Å². The Kier molecular flexibility index (Phi) is 4.68. The minimum Gasteiger partial charge on any atom is -0.495 e. The third-order valence-electron chi connectivity index (χ3n) is 7.40. The van der Waals surface area contributed by atoms with E-state index in [1.807, 2.05) is 0 Å². The molecule has 1 spiro atoms. The molecular formula is C21H23Cl2F3O4. The molecule has 1 aliphatic heterocycles. The Labute approximate surface area is 182 Å². The van der Waals surface area contributed by atoms with Gasteiger partial charge in [0.25, 0.3) is 5.79 Å². The van der Waals surface area contributed by atoms with Crippen LogP contribution in [0.3, 0.4) is 0 Å². The first kappa shape index (κ1) is 21.1. The van der Waals surface area contributed by atoms with E-state index in [-0.39, 0.29) is 16.7 Å². The molecule has 5 fully saturated rings. The van der Waals surface area contributed by atoms with Crippen molar-refractivity contribution in [1.29, 1.82) is 0 Å². The zero-order valence-electron chi connectivity index (χ0n) is 16.7. The average Bonchev–Trinajstić information content (AvgIpc) is 2.61. The summed E-state index contributed by atoms with van der Waals surface area (Å²) in [5, 5.41) is 0.395. The summed E-state index contributed by atoms with van der Waals surface area (Å²) in [4.78, 5) is 11.0. The summed E-state index contributed by atoms with van der Waals surface area (Å²) in [5.74, 6) is -0.988. The van der Waals surface area contributed by atoms with Crippen molar-refractivity contribution in [2.45, 2.75) is 61.5 Å². The van der Waals surface area contributed by atoms with Gasteiger partial charge in [-0.25, -0.2) is 4.89 Å². The molecule has 1 aromatic carbocycles. The summed E-state index contributed by atoms with van der Waals surface area (Å²) in [6.07, 6.45) is -0.539. The number of rotatable bonds is 4. The molecule has 1 saturated heterocycles. The molecule has 4 nitrogen and oxygen atoms in total. The van der Waals surface area contributed by atoms with Crippen LogP contribution in [0.15, 0.2) is 12.1 Å². The molecule has 0 N–H and O–H groups in total. The highest BCUT2D eigenvalue weighted by Gasteiger charge is 2.78. The van der Waals surface area contributed by atoms with Crippen molar-refractivity contribution >= 4 is 23.2 Å². The number of halogens is 5. The molecule has 0 radical (unpaired) electrons. The van der Waals surface area contributed by atoms with Crippen LogP contribution in [0.25, 0.3) is 0 Å². The molecule has 3 atom stereocenters. The van der Waals surface area contributed by atoms with E-state index in [0.717, 1.165) is 19.3 Å². The smallest absolute Gasteiger partial charge is 0.411 e. The summed E-state index contributed by atoms with van der Waals surface area (Å²) in [7, 11) is 1.46. The van der Waals surface area contributed by atoms with Gasteiger partial charge in [-0.3, -0.25) is 0 Å².